The Bertz CT molecular complexity index is 621. The van der Waals surface area contributed by atoms with Gasteiger partial charge in [-0.2, -0.15) is 0 Å². The van der Waals surface area contributed by atoms with E-state index in [9.17, 15) is 9.90 Å². The standard InChI is InChI=1S/C13H9NO2/c14-13(16)6-2-9-1-3-11-8-12(15)5-4-10(11)7-9/h1,3-5,7-8,15H,(H2,14,16). The number of amides is 1. The minimum Gasteiger partial charge on any atom is -0.508 e. The molecule has 2 aromatic rings. The maximum atomic E-state index is 10.5. The van der Waals surface area contributed by atoms with Crippen molar-refractivity contribution in [2.45, 2.75) is 0 Å². The van der Waals surface area contributed by atoms with Gasteiger partial charge in [0, 0.05) is 5.56 Å². The quantitative estimate of drug-likeness (QED) is 0.646. The molecule has 3 heteroatoms. The van der Waals surface area contributed by atoms with Crippen LogP contribution < -0.4 is 5.73 Å². The molecule has 0 heterocycles. The van der Waals surface area contributed by atoms with Crippen molar-refractivity contribution in [1.29, 1.82) is 0 Å². The number of nitrogens with two attached hydrogens (primary N) is 1. The van der Waals surface area contributed by atoms with Crippen molar-refractivity contribution in [3.8, 4) is 17.6 Å². The van der Waals surface area contributed by atoms with Crippen LogP contribution in [0.2, 0.25) is 0 Å². The summed E-state index contributed by atoms with van der Waals surface area (Å²) in [6.07, 6.45) is 0. The Morgan fingerprint density at radius 2 is 1.81 bits per heavy atom. The van der Waals surface area contributed by atoms with Crippen molar-refractivity contribution in [3.63, 3.8) is 0 Å². The number of carbonyl (C=O) groups is 1. The number of fused-ring (bicyclic) bond motifs is 1. The molecule has 0 aromatic heterocycles. The van der Waals surface area contributed by atoms with Gasteiger partial charge in [0.2, 0.25) is 0 Å². The van der Waals surface area contributed by atoms with Gasteiger partial charge >= 0.3 is 0 Å². The third-order valence-electron chi connectivity index (χ3n) is 2.15. The molecule has 2 aromatic carbocycles. The summed E-state index contributed by atoms with van der Waals surface area (Å²) in [5.41, 5.74) is 5.65. The summed E-state index contributed by atoms with van der Waals surface area (Å²) >= 11 is 0. The summed E-state index contributed by atoms with van der Waals surface area (Å²) in [4.78, 5) is 10.5. The average molecular weight is 211 g/mol. The molecule has 0 fully saturated rings. The van der Waals surface area contributed by atoms with Crippen molar-refractivity contribution < 1.29 is 9.90 Å². The van der Waals surface area contributed by atoms with Gasteiger partial charge < -0.3 is 10.8 Å². The van der Waals surface area contributed by atoms with E-state index in [1.54, 1.807) is 24.3 Å². The Morgan fingerprint density at radius 1 is 1.12 bits per heavy atom. The second-order valence-electron chi connectivity index (χ2n) is 3.36. The Labute approximate surface area is 92.5 Å². The van der Waals surface area contributed by atoms with Crippen molar-refractivity contribution in [3.05, 3.63) is 42.0 Å². The minimum absolute atomic E-state index is 0.225. The van der Waals surface area contributed by atoms with E-state index in [2.05, 4.69) is 11.8 Å². The first kappa shape index (κ1) is 10.1. The summed E-state index contributed by atoms with van der Waals surface area (Å²) in [6.45, 7) is 0. The minimum atomic E-state index is -0.647. The fourth-order valence-electron chi connectivity index (χ4n) is 1.44. The zero-order valence-corrected chi connectivity index (χ0v) is 8.40. The van der Waals surface area contributed by atoms with Gasteiger partial charge in [0.1, 0.15) is 5.75 Å². The number of benzene rings is 2. The van der Waals surface area contributed by atoms with Crippen LogP contribution in [-0.2, 0) is 4.79 Å². The molecule has 2 rings (SSSR count). The van der Waals surface area contributed by atoms with E-state index < -0.39 is 5.91 Å². The van der Waals surface area contributed by atoms with Crippen LogP contribution in [0.4, 0.5) is 0 Å². The fourth-order valence-corrected chi connectivity index (χ4v) is 1.44. The molecule has 3 N–H and O–H groups in total. The molecule has 0 aliphatic rings. The number of hydrogen-bond acceptors (Lipinski definition) is 2. The lowest BCUT2D eigenvalue weighted by Crippen LogP contribution is -2.06. The van der Waals surface area contributed by atoms with Crippen LogP contribution in [0.15, 0.2) is 36.4 Å². The summed E-state index contributed by atoms with van der Waals surface area (Å²) in [5, 5.41) is 11.2. The molecule has 3 nitrogen and oxygen atoms in total. The van der Waals surface area contributed by atoms with E-state index in [0.29, 0.717) is 0 Å². The number of carbonyl (C=O) groups excluding carboxylic acids is 1. The molecule has 0 bridgehead atoms. The molecule has 0 atom stereocenters. The molecule has 0 saturated heterocycles. The van der Waals surface area contributed by atoms with E-state index in [4.69, 9.17) is 5.73 Å². The van der Waals surface area contributed by atoms with Crippen LogP contribution in [0.25, 0.3) is 10.8 Å². The average Bonchev–Trinajstić information content (AvgIpc) is 2.26. The number of phenolic OH excluding ortho intramolecular Hbond substituents is 1. The lowest BCUT2D eigenvalue weighted by molar-refractivity contribution is -0.112. The first-order valence-electron chi connectivity index (χ1n) is 4.69. The van der Waals surface area contributed by atoms with Gasteiger partial charge in [-0.1, -0.05) is 18.1 Å². The van der Waals surface area contributed by atoms with Gasteiger partial charge in [-0.05, 0) is 41.0 Å². The monoisotopic (exact) mass is 211 g/mol. The normalized spacial score (nSPS) is 9.50. The van der Waals surface area contributed by atoms with Crippen molar-refractivity contribution in [2.24, 2.45) is 5.73 Å². The van der Waals surface area contributed by atoms with Crippen LogP contribution in [0, 0.1) is 11.8 Å². The predicted octanol–water partition coefficient (Wildman–Crippen LogP) is 1.38. The second kappa shape index (κ2) is 3.95. The molecule has 0 spiro atoms. The third-order valence-corrected chi connectivity index (χ3v) is 2.15. The zero-order chi connectivity index (χ0) is 11.5. The highest BCUT2D eigenvalue weighted by Crippen LogP contribution is 2.20. The second-order valence-corrected chi connectivity index (χ2v) is 3.36. The van der Waals surface area contributed by atoms with Crippen LogP contribution >= 0.6 is 0 Å². The number of hydrogen-bond donors (Lipinski definition) is 2. The molecule has 0 aliphatic carbocycles. The summed E-state index contributed by atoms with van der Waals surface area (Å²) in [5.74, 6) is 4.52. The van der Waals surface area contributed by atoms with Crippen LogP contribution in [0.5, 0.6) is 5.75 Å². The van der Waals surface area contributed by atoms with Gasteiger partial charge in [0.05, 0.1) is 0 Å². The van der Waals surface area contributed by atoms with E-state index in [1.165, 1.54) is 0 Å². The van der Waals surface area contributed by atoms with Gasteiger partial charge in [-0.25, -0.2) is 0 Å². The largest absolute Gasteiger partial charge is 0.508 e. The SMILES string of the molecule is NC(=O)C#Cc1ccc2cc(O)ccc2c1. The van der Waals surface area contributed by atoms with Gasteiger partial charge in [0.15, 0.2) is 0 Å². The highest BCUT2D eigenvalue weighted by atomic mass is 16.3. The van der Waals surface area contributed by atoms with Crippen molar-refractivity contribution >= 4 is 16.7 Å². The molecular weight excluding hydrogens is 202 g/mol. The molecule has 0 radical (unpaired) electrons. The highest BCUT2D eigenvalue weighted by Gasteiger charge is 1.96. The number of rotatable bonds is 0. The van der Waals surface area contributed by atoms with Crippen LogP contribution in [-0.4, -0.2) is 11.0 Å². The maximum absolute atomic E-state index is 10.5. The van der Waals surface area contributed by atoms with Gasteiger partial charge in [-0.3, -0.25) is 4.79 Å². The molecule has 78 valence electrons. The molecule has 0 unspecified atom stereocenters. The first-order valence-corrected chi connectivity index (χ1v) is 4.69. The third kappa shape index (κ3) is 2.12. The van der Waals surface area contributed by atoms with Crippen molar-refractivity contribution in [2.75, 3.05) is 0 Å². The highest BCUT2D eigenvalue weighted by molar-refractivity contribution is 5.93. The predicted molar refractivity (Wildman–Crippen MR) is 61.7 cm³/mol. The topological polar surface area (TPSA) is 63.3 Å². The number of aromatic hydroxyl groups is 1. The van der Waals surface area contributed by atoms with E-state index >= 15 is 0 Å². The fraction of sp³-hybridized carbons (Fsp3) is 0. The smallest absolute Gasteiger partial charge is 0.293 e. The molecule has 0 aliphatic heterocycles. The Kier molecular flexibility index (Phi) is 2.49. The zero-order valence-electron chi connectivity index (χ0n) is 8.40. The maximum Gasteiger partial charge on any atom is 0.293 e. The Hall–Kier alpha value is -2.47. The lowest BCUT2D eigenvalue weighted by atomic mass is 10.1. The molecule has 0 saturated carbocycles. The summed E-state index contributed by atoms with van der Waals surface area (Å²) < 4.78 is 0. The van der Waals surface area contributed by atoms with E-state index in [0.717, 1.165) is 16.3 Å². The summed E-state index contributed by atoms with van der Waals surface area (Å²) in [7, 11) is 0. The Morgan fingerprint density at radius 3 is 2.56 bits per heavy atom. The van der Waals surface area contributed by atoms with Gasteiger partial charge in [0.25, 0.3) is 5.91 Å². The molecule has 16 heavy (non-hydrogen) atoms. The molecular formula is C13H9NO2. The van der Waals surface area contributed by atoms with Crippen LogP contribution in [0.1, 0.15) is 5.56 Å². The van der Waals surface area contributed by atoms with E-state index in [-0.39, 0.29) is 5.75 Å². The first-order chi connectivity index (χ1) is 7.65. The molecule has 1 amide bonds. The number of phenols is 1. The van der Waals surface area contributed by atoms with E-state index in [1.807, 2.05) is 12.1 Å². The number of primary amides is 1. The van der Waals surface area contributed by atoms with Gasteiger partial charge in [-0.15, -0.1) is 0 Å². The summed E-state index contributed by atoms with van der Waals surface area (Å²) in [6, 6.07) is 10.5. The van der Waals surface area contributed by atoms with Crippen LogP contribution in [0.3, 0.4) is 0 Å². The lowest BCUT2D eigenvalue weighted by Gasteiger charge is -1.99. The van der Waals surface area contributed by atoms with Crippen molar-refractivity contribution in [1.82, 2.24) is 0 Å². The Balaban J connectivity index is 2.50.